The summed E-state index contributed by atoms with van der Waals surface area (Å²) in [6.07, 6.45) is -19.4. The number of carbonyl (C=O) groups is 1. The molecule has 2 saturated heterocycles. The number of carbonyl (C=O) groups excluding carboxylic acids is 1. The Morgan fingerprint density at radius 1 is 0.667 bits per heavy atom. The van der Waals surface area contributed by atoms with E-state index in [9.17, 15) is 61.0 Å². The van der Waals surface area contributed by atoms with Crippen molar-refractivity contribution in [2.24, 2.45) is 0 Å². The van der Waals surface area contributed by atoms with Crippen molar-refractivity contribution in [3.63, 3.8) is 0 Å². The molecule has 2 fully saturated rings. The summed E-state index contributed by atoms with van der Waals surface area (Å²) in [7, 11) is 0. The summed E-state index contributed by atoms with van der Waals surface area (Å²) in [6, 6.07) is 5.62. The lowest BCUT2D eigenvalue weighted by atomic mass is 9.82. The van der Waals surface area contributed by atoms with E-state index in [1.54, 1.807) is 0 Å². The Labute approximate surface area is 237 Å². The lowest BCUT2D eigenvalue weighted by Gasteiger charge is -2.43. The fraction of sp³-hybridized carbons (Fsp3) is 0.519. The second kappa shape index (κ2) is 11.5. The molecule has 0 unspecified atom stereocenters. The molecule has 11 N–H and O–H groups in total. The summed E-state index contributed by atoms with van der Waals surface area (Å²) in [5, 5.41) is 115. The second-order valence-electron chi connectivity index (χ2n) is 10.6. The van der Waals surface area contributed by atoms with Crippen LogP contribution in [0.25, 0.3) is 0 Å². The van der Waals surface area contributed by atoms with Crippen LogP contribution in [0.3, 0.4) is 0 Å². The fourth-order valence-corrected chi connectivity index (χ4v) is 5.67. The van der Waals surface area contributed by atoms with Crippen LogP contribution in [-0.4, -0.2) is 124 Å². The van der Waals surface area contributed by atoms with Crippen molar-refractivity contribution in [3.8, 4) is 23.0 Å². The van der Waals surface area contributed by atoms with Crippen molar-refractivity contribution in [1.29, 1.82) is 0 Å². The zero-order chi connectivity index (χ0) is 30.6. The van der Waals surface area contributed by atoms with Crippen molar-refractivity contribution >= 4 is 5.78 Å². The smallest absolute Gasteiger partial charge is 0.174 e. The summed E-state index contributed by atoms with van der Waals surface area (Å²) in [4.78, 5) is 13.5. The number of fused-ring (bicyclic) bond motifs is 1. The van der Waals surface area contributed by atoms with Gasteiger partial charge in [0.25, 0.3) is 0 Å². The summed E-state index contributed by atoms with van der Waals surface area (Å²) in [6.45, 7) is -1.68. The Morgan fingerprint density at radius 2 is 1.17 bits per heavy atom. The number of benzene rings is 2. The average molecular weight is 597 g/mol. The normalized spacial score (nSPS) is 36.8. The number of ketones is 1. The molecule has 3 aliphatic rings. The van der Waals surface area contributed by atoms with E-state index >= 15 is 0 Å². The lowest BCUT2D eigenvalue weighted by Crippen LogP contribution is -2.55. The predicted octanol–water partition coefficient (Wildman–Crippen LogP) is -2.46. The first-order chi connectivity index (χ1) is 19.9. The SMILES string of the molecule is O=C1C[C@@H](c2ccc(O)cc2)Oc2c1c(O)c([C@H]1O[C@@H](CO)[C@H](O)[C@@H](O)[C@@H]1O)c(O)c2[C@H]1O[C@@H](CO)[C@H](O)[C@@H](O)[C@@H]1O. The molecular weight excluding hydrogens is 564 g/mol. The van der Waals surface area contributed by atoms with E-state index in [1.807, 2.05) is 0 Å². The van der Waals surface area contributed by atoms with Crippen LogP contribution in [0.4, 0.5) is 0 Å². The third kappa shape index (κ3) is 4.87. The lowest BCUT2D eigenvalue weighted by molar-refractivity contribution is -0.234. The molecule has 2 aromatic rings. The molecule has 11 atom stereocenters. The summed E-state index contributed by atoms with van der Waals surface area (Å²) in [5.74, 6) is -3.21. The Morgan fingerprint density at radius 3 is 1.67 bits per heavy atom. The molecule has 0 spiro atoms. The average Bonchev–Trinajstić information content (AvgIpc) is 2.97. The molecule has 42 heavy (non-hydrogen) atoms. The Balaban J connectivity index is 1.72. The molecule has 15 nitrogen and oxygen atoms in total. The van der Waals surface area contributed by atoms with Gasteiger partial charge < -0.3 is 70.4 Å². The van der Waals surface area contributed by atoms with Gasteiger partial charge in [0.1, 0.15) is 95.7 Å². The molecule has 2 aromatic carbocycles. The summed E-state index contributed by atoms with van der Waals surface area (Å²) in [5.41, 5.74) is -1.34. The molecule has 5 rings (SSSR count). The standard InChI is InChI=1S/C27H32O15/c28-6-12-17(32)21(36)23(38)26(41-12)15-19(34)14-10(31)5-11(8-1-3-9(30)4-2-8)40-25(14)16(20(15)35)27-24(39)22(37)18(33)13(7-29)42-27/h1-4,11-13,17-18,21-24,26-30,32-39H,5-7H2/t11-,12-,13-,17-,18-,21+,22+,23-,24-,26+,27+/m0/s1. The Kier molecular flexibility index (Phi) is 8.34. The minimum absolute atomic E-state index is 0.0669. The van der Waals surface area contributed by atoms with Crippen molar-refractivity contribution < 1.29 is 75.2 Å². The highest BCUT2D eigenvalue weighted by molar-refractivity contribution is 6.04. The van der Waals surface area contributed by atoms with Gasteiger partial charge in [-0.3, -0.25) is 4.79 Å². The van der Waals surface area contributed by atoms with Crippen LogP contribution in [0.1, 0.15) is 51.8 Å². The highest BCUT2D eigenvalue weighted by atomic mass is 16.6. The van der Waals surface area contributed by atoms with Crippen LogP contribution in [-0.2, 0) is 9.47 Å². The van der Waals surface area contributed by atoms with E-state index in [0.717, 1.165) is 0 Å². The number of aliphatic hydroxyl groups excluding tert-OH is 8. The van der Waals surface area contributed by atoms with Gasteiger partial charge in [0.05, 0.1) is 30.8 Å². The Hall–Kier alpha value is -3.09. The van der Waals surface area contributed by atoms with Gasteiger partial charge in [0.2, 0.25) is 0 Å². The topological polar surface area (TPSA) is 267 Å². The molecule has 0 aliphatic carbocycles. The molecule has 0 aromatic heterocycles. The van der Waals surface area contributed by atoms with Gasteiger partial charge in [-0.15, -0.1) is 0 Å². The summed E-state index contributed by atoms with van der Waals surface area (Å²) >= 11 is 0. The number of aliphatic hydroxyl groups is 8. The highest BCUT2D eigenvalue weighted by Gasteiger charge is 2.51. The van der Waals surface area contributed by atoms with E-state index in [-0.39, 0.29) is 12.2 Å². The van der Waals surface area contributed by atoms with Crippen molar-refractivity contribution in [2.75, 3.05) is 13.2 Å². The first kappa shape index (κ1) is 30.4. The monoisotopic (exact) mass is 596 g/mol. The van der Waals surface area contributed by atoms with Crippen LogP contribution in [0, 0.1) is 0 Å². The van der Waals surface area contributed by atoms with Gasteiger partial charge in [-0.25, -0.2) is 0 Å². The number of rotatable bonds is 5. The van der Waals surface area contributed by atoms with Crippen LogP contribution < -0.4 is 4.74 Å². The molecule has 15 heteroatoms. The van der Waals surface area contributed by atoms with Gasteiger partial charge in [-0.05, 0) is 17.7 Å². The number of Topliss-reactive ketones (excluding diaryl/α,β-unsaturated/α-hetero) is 1. The fourth-order valence-electron chi connectivity index (χ4n) is 5.67. The van der Waals surface area contributed by atoms with Crippen LogP contribution in [0.5, 0.6) is 23.0 Å². The molecule has 0 amide bonds. The van der Waals surface area contributed by atoms with E-state index in [4.69, 9.17) is 14.2 Å². The maximum absolute atomic E-state index is 13.5. The second-order valence-corrected chi connectivity index (χ2v) is 10.6. The van der Waals surface area contributed by atoms with Gasteiger partial charge in [-0.2, -0.15) is 0 Å². The van der Waals surface area contributed by atoms with E-state index in [1.165, 1.54) is 24.3 Å². The number of hydrogen-bond donors (Lipinski definition) is 11. The van der Waals surface area contributed by atoms with E-state index in [0.29, 0.717) is 5.56 Å². The molecule has 0 radical (unpaired) electrons. The molecule has 3 heterocycles. The summed E-state index contributed by atoms with van der Waals surface area (Å²) < 4.78 is 17.2. The minimum Gasteiger partial charge on any atom is -0.508 e. The minimum atomic E-state index is -2.01. The predicted molar refractivity (Wildman–Crippen MR) is 136 cm³/mol. The van der Waals surface area contributed by atoms with Gasteiger partial charge >= 0.3 is 0 Å². The van der Waals surface area contributed by atoms with Gasteiger partial charge in [0.15, 0.2) is 5.78 Å². The first-order valence-corrected chi connectivity index (χ1v) is 13.1. The van der Waals surface area contributed by atoms with Crippen LogP contribution >= 0.6 is 0 Å². The highest BCUT2D eigenvalue weighted by Crippen LogP contribution is 2.55. The molecule has 230 valence electrons. The third-order valence-corrected chi connectivity index (χ3v) is 8.00. The third-order valence-electron chi connectivity index (χ3n) is 8.00. The van der Waals surface area contributed by atoms with Crippen LogP contribution in [0.15, 0.2) is 24.3 Å². The van der Waals surface area contributed by atoms with Crippen molar-refractivity contribution in [3.05, 3.63) is 46.5 Å². The van der Waals surface area contributed by atoms with E-state index in [2.05, 4.69) is 0 Å². The molecular formula is C27H32O15. The zero-order valence-corrected chi connectivity index (χ0v) is 21.8. The quantitative estimate of drug-likeness (QED) is 0.171. The van der Waals surface area contributed by atoms with Crippen molar-refractivity contribution in [2.45, 2.75) is 73.6 Å². The number of phenolic OH excluding ortho intramolecular Hbond substituents is 3. The van der Waals surface area contributed by atoms with Crippen LogP contribution in [0.2, 0.25) is 0 Å². The maximum atomic E-state index is 13.5. The Bertz CT molecular complexity index is 1310. The van der Waals surface area contributed by atoms with Gasteiger partial charge in [0, 0.05) is 0 Å². The largest absolute Gasteiger partial charge is 0.508 e. The maximum Gasteiger partial charge on any atom is 0.174 e. The van der Waals surface area contributed by atoms with Crippen molar-refractivity contribution in [1.82, 2.24) is 0 Å². The number of phenols is 3. The molecule has 0 bridgehead atoms. The number of ether oxygens (including phenoxy) is 3. The number of aromatic hydroxyl groups is 3. The number of hydrogen-bond acceptors (Lipinski definition) is 15. The van der Waals surface area contributed by atoms with E-state index < -0.39 is 120 Å². The zero-order valence-electron chi connectivity index (χ0n) is 21.8. The molecule has 3 aliphatic heterocycles. The van der Waals surface area contributed by atoms with Gasteiger partial charge in [-0.1, -0.05) is 12.1 Å². The molecule has 0 saturated carbocycles. The first-order valence-electron chi connectivity index (χ1n) is 13.1.